The van der Waals surface area contributed by atoms with Gasteiger partial charge in [-0.2, -0.15) is 4.98 Å². The maximum absolute atomic E-state index is 5.05. The molecule has 1 heterocycles. The minimum atomic E-state index is 0. The predicted molar refractivity (Wildman–Crippen MR) is 123 cm³/mol. The minimum Gasteiger partial charge on any atom is -0.356 e. The van der Waals surface area contributed by atoms with E-state index in [1.54, 1.807) is 0 Å². The van der Waals surface area contributed by atoms with Crippen molar-refractivity contribution in [1.82, 2.24) is 15.0 Å². The molecule has 4 nitrogen and oxygen atoms in total. The van der Waals surface area contributed by atoms with E-state index in [2.05, 4.69) is 27.2 Å². The number of aromatic nitrogens is 3. The van der Waals surface area contributed by atoms with Crippen LogP contribution in [0.3, 0.4) is 0 Å². The number of nitrogens with zero attached hydrogens (tertiary/aromatic N) is 1. The molecule has 0 saturated carbocycles. The van der Waals surface area contributed by atoms with Crippen molar-refractivity contribution in [1.29, 1.82) is 0 Å². The molecule has 0 bridgehead atoms. The molecule has 1 aromatic heterocycles. The molecule has 1 aromatic rings. The molecular weight excluding hydrogens is 411 g/mol. The number of unbranched alkanes of at least 4 members (excludes halogenated alkanes) is 15. The molecule has 0 aliphatic heterocycles. The van der Waals surface area contributed by atoms with Crippen LogP contribution in [0.1, 0.15) is 110 Å². The van der Waals surface area contributed by atoms with Crippen molar-refractivity contribution in [3.63, 3.8) is 0 Å². The van der Waals surface area contributed by atoms with Crippen molar-refractivity contribution in [3.8, 4) is 0 Å². The van der Waals surface area contributed by atoms with E-state index in [9.17, 15) is 0 Å². The normalized spacial score (nSPS) is 10.6. The molecule has 156 valence electrons. The smallest absolute Gasteiger partial charge is 0.356 e. The summed E-state index contributed by atoms with van der Waals surface area (Å²) in [5, 5.41) is 3.26. The molecule has 0 fully saturated rings. The van der Waals surface area contributed by atoms with Gasteiger partial charge < -0.3 is 15.3 Å². The molecule has 28 heavy (non-hydrogen) atoms. The van der Waals surface area contributed by atoms with E-state index < -0.39 is 0 Å². The number of hydrogen-bond donors (Lipinski definition) is 3. The van der Waals surface area contributed by atoms with Gasteiger partial charge in [0.2, 0.25) is 10.7 Å². The van der Waals surface area contributed by atoms with Crippen LogP contribution in [-0.4, -0.2) is 21.5 Å². The van der Waals surface area contributed by atoms with Crippen LogP contribution in [0.5, 0.6) is 0 Å². The molecule has 0 spiro atoms. The van der Waals surface area contributed by atoms with Gasteiger partial charge in [-0.1, -0.05) is 103 Å². The van der Waals surface area contributed by atoms with Gasteiger partial charge in [-0.05, 0) is 30.9 Å². The Kier molecular flexibility index (Phi) is 21.8. The van der Waals surface area contributed by atoms with Gasteiger partial charge in [-0.15, -0.1) is 0 Å². The van der Waals surface area contributed by atoms with Crippen molar-refractivity contribution in [3.05, 3.63) is 9.54 Å². The van der Waals surface area contributed by atoms with Crippen LogP contribution < -0.4 is 56.7 Å². The first-order valence-corrected chi connectivity index (χ1v) is 12.0. The Morgan fingerprint density at radius 3 is 1.54 bits per heavy atom. The molecule has 0 radical (unpaired) electrons. The summed E-state index contributed by atoms with van der Waals surface area (Å²) in [5.74, 6) is 0.671. The van der Waals surface area contributed by atoms with E-state index in [1.807, 2.05) is 0 Å². The summed E-state index contributed by atoms with van der Waals surface area (Å²) in [6.45, 7) is 3.20. The largest absolute Gasteiger partial charge is 1.00 e. The summed E-state index contributed by atoms with van der Waals surface area (Å²) in [5.41, 5.74) is 0. The van der Waals surface area contributed by atoms with E-state index in [-0.39, 0.29) is 51.4 Å². The molecule has 0 aliphatic carbocycles. The zero-order valence-corrected chi connectivity index (χ0v) is 23.0. The van der Waals surface area contributed by atoms with Crippen LogP contribution in [0.4, 0.5) is 5.95 Å². The Balaban J connectivity index is 0.00000729. The second-order valence-corrected chi connectivity index (χ2v) is 8.37. The molecule has 0 amide bonds. The van der Waals surface area contributed by atoms with Crippen LogP contribution in [0.15, 0.2) is 0 Å². The van der Waals surface area contributed by atoms with Crippen LogP contribution in [-0.2, 0) is 0 Å². The monoisotopic (exact) mass is 451 g/mol. The van der Waals surface area contributed by atoms with E-state index in [0.717, 1.165) is 13.0 Å². The fourth-order valence-electron chi connectivity index (χ4n) is 3.36. The number of rotatable bonds is 18. The van der Waals surface area contributed by atoms with Crippen molar-refractivity contribution >= 4 is 30.4 Å². The number of hydrogen-bond acceptors (Lipinski definition) is 4. The second-order valence-electron chi connectivity index (χ2n) is 7.57. The zero-order valence-electron chi connectivity index (χ0n) is 18.3. The fourth-order valence-corrected chi connectivity index (χ4v) is 3.81. The number of nitrogens with one attached hydrogen (secondary N) is 3. The molecule has 0 saturated heterocycles. The third-order valence-corrected chi connectivity index (χ3v) is 5.39. The van der Waals surface area contributed by atoms with Crippen LogP contribution in [0.2, 0.25) is 0 Å². The predicted octanol–water partition coefficient (Wildman–Crippen LogP) is 4.87. The van der Waals surface area contributed by atoms with Crippen molar-refractivity contribution in [2.45, 2.75) is 110 Å². The van der Waals surface area contributed by atoms with Gasteiger partial charge in [0, 0.05) is 6.54 Å². The standard InChI is InChI=1S/C21H40N4S2.K/c1-2-3-4-5-6-7-8-9-10-11-12-13-14-15-16-17-18-22-19-23-20(26)25-21(27)24-19;/h2-18H2,1H3,(H3,22,23,24,25,26,27);/q;+1. The van der Waals surface area contributed by atoms with Crippen LogP contribution in [0, 0.1) is 9.54 Å². The third kappa shape index (κ3) is 17.7. The molecule has 0 atom stereocenters. The quantitative estimate of drug-likeness (QED) is 0.169. The Morgan fingerprint density at radius 1 is 0.679 bits per heavy atom. The maximum Gasteiger partial charge on any atom is 1.00 e. The first-order chi connectivity index (χ1) is 13.2. The third-order valence-electron chi connectivity index (χ3n) is 4.99. The number of aromatic amines is 2. The topological polar surface area (TPSA) is 56.5 Å². The maximum atomic E-state index is 5.05. The Bertz CT molecular complexity index is 546. The van der Waals surface area contributed by atoms with Gasteiger partial charge in [0.05, 0.1) is 0 Å². The van der Waals surface area contributed by atoms with Gasteiger partial charge in [-0.25, -0.2) is 0 Å². The van der Waals surface area contributed by atoms with E-state index in [4.69, 9.17) is 24.4 Å². The first-order valence-electron chi connectivity index (χ1n) is 11.2. The van der Waals surface area contributed by atoms with Gasteiger partial charge in [-0.3, -0.25) is 0 Å². The van der Waals surface area contributed by atoms with Crippen molar-refractivity contribution < 1.29 is 51.4 Å². The van der Waals surface area contributed by atoms with Crippen molar-refractivity contribution in [2.75, 3.05) is 11.9 Å². The van der Waals surface area contributed by atoms with Gasteiger partial charge in [0.25, 0.3) is 0 Å². The van der Waals surface area contributed by atoms with Crippen LogP contribution >= 0.6 is 24.4 Å². The first kappa shape index (κ1) is 28.9. The van der Waals surface area contributed by atoms with Crippen LogP contribution in [0.25, 0.3) is 0 Å². The van der Waals surface area contributed by atoms with Crippen molar-refractivity contribution in [2.24, 2.45) is 0 Å². The summed E-state index contributed by atoms with van der Waals surface area (Å²) in [4.78, 5) is 9.94. The van der Waals surface area contributed by atoms with E-state index in [0.29, 0.717) is 15.5 Å². The summed E-state index contributed by atoms with van der Waals surface area (Å²) in [6, 6.07) is 0. The SMILES string of the molecule is CCCCCCCCCCCCCCCCCCNc1nc(=S)[nH]c(=S)[nH]1.[K+]. The Hall–Kier alpha value is 0.886. The summed E-state index contributed by atoms with van der Waals surface area (Å²) in [7, 11) is 0. The Morgan fingerprint density at radius 2 is 1.11 bits per heavy atom. The molecular formula is C21H40KN4S2+. The van der Waals surface area contributed by atoms with Gasteiger partial charge in [0.1, 0.15) is 0 Å². The molecule has 7 heteroatoms. The fraction of sp³-hybridized carbons (Fsp3) is 0.857. The van der Waals surface area contributed by atoms with Gasteiger partial charge in [0.15, 0.2) is 4.77 Å². The van der Waals surface area contributed by atoms with E-state index >= 15 is 0 Å². The molecule has 3 N–H and O–H groups in total. The number of anilines is 1. The molecule has 0 unspecified atom stereocenters. The average Bonchev–Trinajstić information content (AvgIpc) is 2.63. The summed E-state index contributed by atoms with van der Waals surface area (Å²) >= 11 is 10.1. The minimum absolute atomic E-state index is 0. The average molecular weight is 452 g/mol. The van der Waals surface area contributed by atoms with E-state index in [1.165, 1.54) is 96.3 Å². The Labute approximate surface area is 225 Å². The molecule has 0 aromatic carbocycles. The zero-order chi connectivity index (χ0) is 19.6. The summed E-state index contributed by atoms with van der Waals surface area (Å²) in [6.07, 6.45) is 22.3. The van der Waals surface area contributed by atoms with Gasteiger partial charge >= 0.3 is 51.4 Å². The molecule has 1 rings (SSSR count). The summed E-state index contributed by atoms with van der Waals surface area (Å²) < 4.78 is 0.942. The second kappa shape index (κ2) is 21.1. The number of H-pyrrole nitrogens is 2. The molecule has 0 aliphatic rings.